The Bertz CT molecular complexity index is 1060. The molecule has 7 heteroatoms. The van der Waals surface area contributed by atoms with E-state index in [4.69, 9.17) is 0 Å². The van der Waals surface area contributed by atoms with Gasteiger partial charge < -0.3 is 5.32 Å². The average molecular weight is 352 g/mol. The van der Waals surface area contributed by atoms with E-state index in [9.17, 15) is 4.79 Å². The van der Waals surface area contributed by atoms with Crippen LogP contribution in [-0.2, 0) is 0 Å². The van der Waals surface area contributed by atoms with Crippen LogP contribution in [0.25, 0.3) is 21.3 Å². The lowest BCUT2D eigenvalue weighted by Gasteiger charge is -2.05. The first-order valence-corrected chi connectivity index (χ1v) is 9.25. The van der Waals surface area contributed by atoms with Gasteiger partial charge in [0, 0.05) is 5.69 Å². The van der Waals surface area contributed by atoms with E-state index < -0.39 is 0 Å². The van der Waals surface area contributed by atoms with Crippen molar-refractivity contribution < 1.29 is 4.79 Å². The second kappa shape index (κ2) is 6.18. The van der Waals surface area contributed by atoms with Crippen LogP contribution in [0.1, 0.15) is 10.5 Å². The van der Waals surface area contributed by atoms with E-state index in [1.54, 1.807) is 23.1 Å². The fourth-order valence-electron chi connectivity index (χ4n) is 2.33. The monoisotopic (exact) mass is 352 g/mol. The standard InChI is InChI=1S/C17H12N4OS2/c1-23-17-21-13-7-6-10(8-15(13)24-17)19-16(22)14-9-18-11-4-2-3-5-12(11)20-14/h2-9H,1H3,(H,19,22). The van der Waals surface area contributed by atoms with Gasteiger partial charge in [0.15, 0.2) is 4.34 Å². The van der Waals surface area contributed by atoms with Crippen LogP contribution in [0, 0.1) is 0 Å². The van der Waals surface area contributed by atoms with Gasteiger partial charge in [0.2, 0.25) is 0 Å². The third kappa shape index (κ3) is 2.83. The maximum Gasteiger partial charge on any atom is 0.275 e. The third-order valence-corrected chi connectivity index (χ3v) is 5.49. The van der Waals surface area contributed by atoms with Gasteiger partial charge in [-0.3, -0.25) is 9.78 Å². The minimum Gasteiger partial charge on any atom is -0.321 e. The Labute approximate surface area is 146 Å². The summed E-state index contributed by atoms with van der Waals surface area (Å²) in [6.45, 7) is 0. The molecule has 0 aliphatic rings. The molecule has 0 saturated carbocycles. The van der Waals surface area contributed by atoms with Crippen LogP contribution in [0.15, 0.2) is 53.0 Å². The van der Waals surface area contributed by atoms with Crippen LogP contribution in [-0.4, -0.2) is 27.1 Å². The molecule has 24 heavy (non-hydrogen) atoms. The number of carbonyl (C=O) groups is 1. The lowest BCUT2D eigenvalue weighted by atomic mass is 10.2. The first-order valence-electron chi connectivity index (χ1n) is 7.21. The van der Waals surface area contributed by atoms with Crippen molar-refractivity contribution in [3.8, 4) is 0 Å². The van der Waals surface area contributed by atoms with Gasteiger partial charge in [0.25, 0.3) is 5.91 Å². The SMILES string of the molecule is CSc1nc2ccc(NC(=O)c3cnc4ccccc4n3)cc2s1. The number of fused-ring (bicyclic) bond motifs is 2. The Morgan fingerprint density at radius 3 is 2.75 bits per heavy atom. The van der Waals surface area contributed by atoms with Gasteiger partial charge in [-0.1, -0.05) is 23.9 Å². The highest BCUT2D eigenvalue weighted by molar-refractivity contribution is 8.00. The van der Waals surface area contributed by atoms with Crippen LogP contribution in [0.3, 0.4) is 0 Å². The quantitative estimate of drug-likeness (QED) is 0.559. The number of nitrogens with one attached hydrogen (secondary N) is 1. The zero-order valence-electron chi connectivity index (χ0n) is 12.7. The predicted octanol–water partition coefficient (Wildman–Crippen LogP) is 4.21. The van der Waals surface area contributed by atoms with Gasteiger partial charge >= 0.3 is 0 Å². The summed E-state index contributed by atoms with van der Waals surface area (Å²) < 4.78 is 2.05. The van der Waals surface area contributed by atoms with E-state index in [2.05, 4.69) is 20.3 Å². The highest BCUT2D eigenvalue weighted by Gasteiger charge is 2.11. The maximum atomic E-state index is 12.4. The van der Waals surface area contributed by atoms with E-state index in [0.29, 0.717) is 11.2 Å². The molecule has 0 atom stereocenters. The average Bonchev–Trinajstić information content (AvgIpc) is 3.03. The first-order chi connectivity index (χ1) is 11.7. The maximum absolute atomic E-state index is 12.4. The fraction of sp³-hybridized carbons (Fsp3) is 0.0588. The molecule has 0 saturated heterocycles. The molecule has 118 valence electrons. The molecule has 0 aliphatic heterocycles. The summed E-state index contributed by atoms with van der Waals surface area (Å²) in [5.74, 6) is -0.276. The minimum absolute atomic E-state index is 0.276. The summed E-state index contributed by atoms with van der Waals surface area (Å²) in [4.78, 5) is 25.6. The Balaban J connectivity index is 1.62. The fourth-order valence-corrected chi connectivity index (χ4v) is 3.86. The van der Waals surface area contributed by atoms with Crippen LogP contribution >= 0.6 is 23.1 Å². The lowest BCUT2D eigenvalue weighted by molar-refractivity contribution is 0.102. The molecule has 0 fully saturated rings. The van der Waals surface area contributed by atoms with Crippen molar-refractivity contribution >= 4 is 55.9 Å². The molecule has 2 aromatic carbocycles. The topological polar surface area (TPSA) is 67.8 Å². The molecule has 1 N–H and O–H groups in total. The van der Waals surface area contributed by atoms with E-state index >= 15 is 0 Å². The molecule has 1 amide bonds. The van der Waals surface area contributed by atoms with Gasteiger partial charge in [-0.25, -0.2) is 9.97 Å². The predicted molar refractivity (Wildman–Crippen MR) is 98.9 cm³/mol. The number of anilines is 1. The van der Waals surface area contributed by atoms with Crippen molar-refractivity contribution in [2.24, 2.45) is 0 Å². The number of thioether (sulfide) groups is 1. The van der Waals surface area contributed by atoms with Crippen molar-refractivity contribution in [1.82, 2.24) is 15.0 Å². The smallest absolute Gasteiger partial charge is 0.275 e. The number of aromatic nitrogens is 3. The second-order valence-corrected chi connectivity index (χ2v) is 7.15. The molecule has 4 rings (SSSR count). The largest absolute Gasteiger partial charge is 0.321 e. The number of amides is 1. The first kappa shape index (κ1) is 15.0. The van der Waals surface area contributed by atoms with Crippen molar-refractivity contribution in [1.29, 1.82) is 0 Å². The summed E-state index contributed by atoms with van der Waals surface area (Å²) in [7, 11) is 0. The lowest BCUT2D eigenvalue weighted by Crippen LogP contribution is -2.14. The van der Waals surface area contributed by atoms with Gasteiger partial charge in [-0.15, -0.1) is 11.3 Å². The van der Waals surface area contributed by atoms with Gasteiger partial charge in [-0.05, 0) is 36.6 Å². The number of hydrogen-bond acceptors (Lipinski definition) is 6. The van der Waals surface area contributed by atoms with Crippen LogP contribution in [0.5, 0.6) is 0 Å². The highest BCUT2D eigenvalue weighted by atomic mass is 32.2. The van der Waals surface area contributed by atoms with Gasteiger partial charge in [0.1, 0.15) is 5.69 Å². The van der Waals surface area contributed by atoms with E-state index in [1.165, 1.54) is 6.20 Å². The summed E-state index contributed by atoms with van der Waals surface area (Å²) >= 11 is 3.22. The minimum atomic E-state index is -0.276. The van der Waals surface area contributed by atoms with E-state index in [0.717, 1.165) is 25.8 Å². The molecule has 4 aromatic rings. The highest BCUT2D eigenvalue weighted by Crippen LogP contribution is 2.30. The van der Waals surface area contributed by atoms with Crippen LogP contribution < -0.4 is 5.32 Å². The number of benzene rings is 2. The number of para-hydroxylation sites is 2. The zero-order valence-corrected chi connectivity index (χ0v) is 14.3. The second-order valence-electron chi connectivity index (χ2n) is 5.06. The molecule has 0 bridgehead atoms. The number of rotatable bonds is 3. The number of thiazole rings is 1. The summed E-state index contributed by atoms with van der Waals surface area (Å²) in [5, 5.41) is 2.87. The van der Waals surface area contributed by atoms with E-state index in [-0.39, 0.29) is 5.91 Å². The third-order valence-electron chi connectivity index (χ3n) is 3.48. The van der Waals surface area contributed by atoms with Crippen LogP contribution in [0.2, 0.25) is 0 Å². The molecule has 5 nitrogen and oxygen atoms in total. The Hall–Kier alpha value is -2.51. The molecule has 0 spiro atoms. The Morgan fingerprint density at radius 2 is 1.92 bits per heavy atom. The number of hydrogen-bond donors (Lipinski definition) is 1. The van der Waals surface area contributed by atoms with Crippen LogP contribution in [0.4, 0.5) is 5.69 Å². The molecule has 0 aliphatic carbocycles. The summed E-state index contributed by atoms with van der Waals surface area (Å²) in [5.41, 5.74) is 3.42. The molecule has 2 heterocycles. The molecule has 0 unspecified atom stereocenters. The summed E-state index contributed by atoms with van der Waals surface area (Å²) in [6, 6.07) is 13.2. The Morgan fingerprint density at radius 1 is 1.08 bits per heavy atom. The number of nitrogens with zero attached hydrogens (tertiary/aromatic N) is 3. The molecular formula is C17H12N4OS2. The molecule has 2 aromatic heterocycles. The summed E-state index contributed by atoms with van der Waals surface area (Å²) in [6.07, 6.45) is 3.49. The number of carbonyl (C=O) groups excluding carboxylic acids is 1. The Kier molecular flexibility index (Phi) is 3.87. The van der Waals surface area contributed by atoms with Crippen molar-refractivity contribution in [2.45, 2.75) is 4.34 Å². The van der Waals surface area contributed by atoms with E-state index in [1.807, 2.05) is 48.7 Å². The van der Waals surface area contributed by atoms with Gasteiger partial charge in [-0.2, -0.15) is 0 Å². The van der Waals surface area contributed by atoms with Crippen molar-refractivity contribution in [3.63, 3.8) is 0 Å². The zero-order chi connectivity index (χ0) is 16.5. The molecule has 0 radical (unpaired) electrons. The van der Waals surface area contributed by atoms with Gasteiger partial charge in [0.05, 0.1) is 27.4 Å². The van der Waals surface area contributed by atoms with Crippen molar-refractivity contribution in [3.05, 3.63) is 54.4 Å². The normalized spacial score (nSPS) is 11.0. The van der Waals surface area contributed by atoms with Crippen molar-refractivity contribution in [2.75, 3.05) is 11.6 Å². The molecular weight excluding hydrogens is 340 g/mol.